The summed E-state index contributed by atoms with van der Waals surface area (Å²) in [5.74, 6) is 0.729. The molecule has 0 bridgehead atoms. The molecule has 1 fully saturated rings. The summed E-state index contributed by atoms with van der Waals surface area (Å²) in [6.07, 6.45) is 3.50. The molecule has 0 unspecified atom stereocenters. The van der Waals surface area contributed by atoms with E-state index in [2.05, 4.69) is 15.5 Å². The second-order valence-corrected chi connectivity index (χ2v) is 4.38. The van der Waals surface area contributed by atoms with Crippen molar-refractivity contribution in [3.63, 3.8) is 0 Å². The van der Waals surface area contributed by atoms with Crippen LogP contribution >= 0.6 is 0 Å². The Morgan fingerprint density at radius 3 is 2.71 bits per heavy atom. The van der Waals surface area contributed by atoms with Crippen molar-refractivity contribution in [2.45, 2.75) is 25.3 Å². The van der Waals surface area contributed by atoms with E-state index in [1.807, 2.05) is 16.8 Å². The topological polar surface area (TPSA) is 95.6 Å². The van der Waals surface area contributed by atoms with Gasteiger partial charge in [0.05, 0.1) is 6.04 Å². The van der Waals surface area contributed by atoms with Crippen LogP contribution in [0.25, 0.3) is 11.4 Å². The maximum atomic E-state index is 5.95. The van der Waals surface area contributed by atoms with E-state index in [0.717, 1.165) is 24.2 Å². The third kappa shape index (κ3) is 1.61. The molecule has 2 aromatic rings. The van der Waals surface area contributed by atoms with E-state index < -0.39 is 0 Å². The minimum atomic E-state index is 0.414. The summed E-state index contributed by atoms with van der Waals surface area (Å²) >= 11 is 0. The van der Waals surface area contributed by atoms with E-state index in [4.69, 9.17) is 11.5 Å². The van der Waals surface area contributed by atoms with Crippen LogP contribution in [0, 0.1) is 0 Å². The Morgan fingerprint density at radius 1 is 1.24 bits per heavy atom. The number of nitrogens with two attached hydrogens (primary N) is 2. The largest absolute Gasteiger partial charge is 0.399 e. The maximum Gasteiger partial charge on any atom is 0.184 e. The van der Waals surface area contributed by atoms with Gasteiger partial charge >= 0.3 is 0 Å². The molecule has 6 nitrogen and oxygen atoms in total. The lowest BCUT2D eigenvalue weighted by Crippen LogP contribution is -2.19. The summed E-state index contributed by atoms with van der Waals surface area (Å²) < 4.78 is 1.87. The fourth-order valence-electron chi connectivity index (χ4n) is 2.03. The Hall–Kier alpha value is -2.11. The quantitative estimate of drug-likeness (QED) is 0.756. The SMILES string of the molecule is Nc1ccc(-c2nnnn2C2CCC2)c(N)c1. The van der Waals surface area contributed by atoms with Crippen LogP contribution < -0.4 is 11.5 Å². The molecule has 0 radical (unpaired) electrons. The van der Waals surface area contributed by atoms with Crippen LogP contribution in [0.2, 0.25) is 0 Å². The number of benzene rings is 1. The highest BCUT2D eigenvalue weighted by atomic mass is 15.6. The molecule has 0 spiro atoms. The highest BCUT2D eigenvalue weighted by Crippen LogP contribution is 2.35. The molecule has 88 valence electrons. The van der Waals surface area contributed by atoms with Crippen molar-refractivity contribution in [1.82, 2.24) is 20.2 Å². The van der Waals surface area contributed by atoms with E-state index in [1.54, 1.807) is 6.07 Å². The molecule has 1 aliphatic carbocycles. The van der Waals surface area contributed by atoms with Crippen LogP contribution in [-0.2, 0) is 0 Å². The van der Waals surface area contributed by atoms with Crippen LogP contribution in [-0.4, -0.2) is 20.2 Å². The van der Waals surface area contributed by atoms with E-state index in [-0.39, 0.29) is 0 Å². The zero-order valence-electron chi connectivity index (χ0n) is 9.37. The Bertz CT molecular complexity index is 543. The molecule has 0 amide bonds. The monoisotopic (exact) mass is 230 g/mol. The Kier molecular flexibility index (Phi) is 2.21. The standard InChI is InChI=1S/C11H14N6/c12-7-4-5-9(10(13)6-7)11-14-15-16-17(11)8-2-1-3-8/h4-6,8H,1-3,12-13H2. The Morgan fingerprint density at radius 2 is 2.06 bits per heavy atom. The van der Waals surface area contributed by atoms with Gasteiger partial charge in [-0.05, 0) is 47.9 Å². The predicted octanol–water partition coefficient (Wildman–Crippen LogP) is 1.23. The first-order valence-corrected chi connectivity index (χ1v) is 5.69. The number of nitrogen functional groups attached to an aromatic ring is 2. The summed E-state index contributed by atoms with van der Waals surface area (Å²) in [6, 6.07) is 5.82. The van der Waals surface area contributed by atoms with E-state index in [0.29, 0.717) is 17.4 Å². The fraction of sp³-hybridized carbons (Fsp3) is 0.364. The van der Waals surface area contributed by atoms with Gasteiger partial charge in [-0.25, -0.2) is 4.68 Å². The Labute approximate surface area is 98.6 Å². The zero-order chi connectivity index (χ0) is 11.8. The van der Waals surface area contributed by atoms with Gasteiger partial charge in [0.2, 0.25) is 0 Å². The normalized spacial score (nSPS) is 15.8. The molecular weight excluding hydrogens is 216 g/mol. The first kappa shape index (κ1) is 10.1. The average Bonchev–Trinajstić information content (AvgIpc) is 2.64. The van der Waals surface area contributed by atoms with Gasteiger partial charge in [-0.2, -0.15) is 0 Å². The second-order valence-electron chi connectivity index (χ2n) is 4.38. The minimum Gasteiger partial charge on any atom is -0.399 e. The lowest BCUT2D eigenvalue weighted by atomic mass is 9.93. The van der Waals surface area contributed by atoms with Crippen LogP contribution in [0.1, 0.15) is 25.3 Å². The third-order valence-corrected chi connectivity index (χ3v) is 3.23. The summed E-state index contributed by atoms with van der Waals surface area (Å²) in [6.45, 7) is 0. The molecular formula is C11H14N6. The molecule has 0 saturated heterocycles. The molecule has 3 rings (SSSR count). The molecule has 1 saturated carbocycles. The highest BCUT2D eigenvalue weighted by Gasteiger charge is 2.24. The van der Waals surface area contributed by atoms with Crippen molar-refractivity contribution in [3.8, 4) is 11.4 Å². The summed E-state index contributed by atoms with van der Waals surface area (Å²) in [5.41, 5.74) is 13.7. The van der Waals surface area contributed by atoms with E-state index in [1.165, 1.54) is 6.42 Å². The zero-order valence-corrected chi connectivity index (χ0v) is 9.37. The number of hydrogen-bond acceptors (Lipinski definition) is 5. The van der Waals surface area contributed by atoms with Crippen molar-refractivity contribution in [2.24, 2.45) is 0 Å². The fourth-order valence-corrected chi connectivity index (χ4v) is 2.03. The molecule has 6 heteroatoms. The van der Waals surface area contributed by atoms with Crippen molar-refractivity contribution in [3.05, 3.63) is 18.2 Å². The average molecular weight is 230 g/mol. The first-order chi connectivity index (χ1) is 8.25. The summed E-state index contributed by atoms with van der Waals surface area (Å²) in [7, 11) is 0. The van der Waals surface area contributed by atoms with Gasteiger partial charge in [0.15, 0.2) is 5.82 Å². The molecule has 4 N–H and O–H groups in total. The second kappa shape index (κ2) is 3.73. The van der Waals surface area contributed by atoms with Gasteiger partial charge in [0.1, 0.15) is 0 Å². The molecule has 1 aromatic heterocycles. The smallest absolute Gasteiger partial charge is 0.184 e. The van der Waals surface area contributed by atoms with Gasteiger partial charge in [-0.1, -0.05) is 0 Å². The molecule has 1 aromatic carbocycles. The molecule has 17 heavy (non-hydrogen) atoms. The van der Waals surface area contributed by atoms with E-state index in [9.17, 15) is 0 Å². The van der Waals surface area contributed by atoms with Crippen LogP contribution in [0.4, 0.5) is 11.4 Å². The Balaban J connectivity index is 2.05. The number of nitrogens with zero attached hydrogens (tertiary/aromatic N) is 4. The van der Waals surface area contributed by atoms with Crippen LogP contribution in [0.5, 0.6) is 0 Å². The van der Waals surface area contributed by atoms with Crippen molar-refractivity contribution in [1.29, 1.82) is 0 Å². The molecule has 0 atom stereocenters. The van der Waals surface area contributed by atoms with Gasteiger partial charge in [0, 0.05) is 16.9 Å². The summed E-state index contributed by atoms with van der Waals surface area (Å²) in [4.78, 5) is 0. The van der Waals surface area contributed by atoms with Gasteiger partial charge in [-0.3, -0.25) is 0 Å². The van der Waals surface area contributed by atoms with E-state index >= 15 is 0 Å². The third-order valence-electron chi connectivity index (χ3n) is 3.23. The van der Waals surface area contributed by atoms with Crippen molar-refractivity contribution in [2.75, 3.05) is 11.5 Å². The molecule has 1 heterocycles. The number of anilines is 2. The van der Waals surface area contributed by atoms with Gasteiger partial charge in [-0.15, -0.1) is 5.10 Å². The summed E-state index contributed by atoms with van der Waals surface area (Å²) in [5, 5.41) is 11.8. The number of tetrazole rings is 1. The number of rotatable bonds is 2. The lowest BCUT2D eigenvalue weighted by molar-refractivity contribution is 0.287. The van der Waals surface area contributed by atoms with Crippen LogP contribution in [0.15, 0.2) is 18.2 Å². The maximum absolute atomic E-state index is 5.95. The molecule has 0 aliphatic heterocycles. The lowest BCUT2D eigenvalue weighted by Gasteiger charge is -2.26. The minimum absolute atomic E-state index is 0.414. The number of hydrogen-bond donors (Lipinski definition) is 2. The van der Waals surface area contributed by atoms with Gasteiger partial charge < -0.3 is 11.5 Å². The molecule has 1 aliphatic rings. The number of aromatic nitrogens is 4. The highest BCUT2D eigenvalue weighted by molar-refractivity contribution is 5.74. The van der Waals surface area contributed by atoms with Gasteiger partial charge in [0.25, 0.3) is 0 Å². The first-order valence-electron chi connectivity index (χ1n) is 5.69. The predicted molar refractivity (Wildman–Crippen MR) is 65.0 cm³/mol. The van der Waals surface area contributed by atoms with Crippen molar-refractivity contribution >= 4 is 11.4 Å². The van der Waals surface area contributed by atoms with Crippen molar-refractivity contribution < 1.29 is 0 Å². The van der Waals surface area contributed by atoms with Crippen LogP contribution in [0.3, 0.4) is 0 Å².